The summed E-state index contributed by atoms with van der Waals surface area (Å²) < 4.78 is 4.37. The number of aromatic nitrogens is 1. The van der Waals surface area contributed by atoms with E-state index in [4.69, 9.17) is 0 Å². The summed E-state index contributed by atoms with van der Waals surface area (Å²) in [5.41, 5.74) is 2.26. The Bertz CT molecular complexity index is 903. The van der Waals surface area contributed by atoms with Crippen LogP contribution in [-0.2, 0) is 0 Å². The maximum Gasteiger partial charge on any atom is 0.320 e. The molecule has 1 aliphatic rings. The van der Waals surface area contributed by atoms with E-state index in [0.29, 0.717) is 6.04 Å². The SMILES string of the molecule is CC(c1ccccc1)N1CCC(NC(=O)Nc2snc3ccccc23)CC1. The highest BCUT2D eigenvalue weighted by atomic mass is 32.1. The molecule has 0 saturated carbocycles. The van der Waals surface area contributed by atoms with E-state index in [1.165, 1.54) is 17.1 Å². The fourth-order valence-corrected chi connectivity index (χ4v) is 4.44. The van der Waals surface area contributed by atoms with Gasteiger partial charge in [0.15, 0.2) is 0 Å². The third-order valence-corrected chi connectivity index (χ3v) is 6.10. The Balaban J connectivity index is 1.29. The van der Waals surface area contributed by atoms with Crippen molar-refractivity contribution in [2.24, 2.45) is 0 Å². The first-order chi connectivity index (χ1) is 13.2. The van der Waals surface area contributed by atoms with Gasteiger partial charge in [-0.2, -0.15) is 4.37 Å². The predicted molar refractivity (Wildman–Crippen MR) is 111 cm³/mol. The molecule has 6 heteroatoms. The van der Waals surface area contributed by atoms with Crippen LogP contribution in [0.1, 0.15) is 31.4 Å². The normalized spacial score (nSPS) is 16.9. The topological polar surface area (TPSA) is 57.3 Å². The van der Waals surface area contributed by atoms with Gasteiger partial charge in [0.2, 0.25) is 0 Å². The monoisotopic (exact) mass is 380 g/mol. The highest BCUT2D eigenvalue weighted by Crippen LogP contribution is 2.27. The summed E-state index contributed by atoms with van der Waals surface area (Å²) in [4.78, 5) is 14.9. The highest BCUT2D eigenvalue weighted by molar-refractivity contribution is 7.12. The first-order valence-electron chi connectivity index (χ1n) is 9.41. The van der Waals surface area contributed by atoms with Gasteiger partial charge in [-0.25, -0.2) is 4.79 Å². The van der Waals surface area contributed by atoms with Crippen molar-refractivity contribution >= 4 is 33.5 Å². The minimum absolute atomic E-state index is 0.140. The van der Waals surface area contributed by atoms with Crippen molar-refractivity contribution < 1.29 is 4.79 Å². The van der Waals surface area contributed by atoms with E-state index < -0.39 is 0 Å². The van der Waals surface area contributed by atoms with Crippen LogP contribution in [0.2, 0.25) is 0 Å². The van der Waals surface area contributed by atoms with E-state index >= 15 is 0 Å². The number of nitrogens with zero attached hydrogens (tertiary/aromatic N) is 2. The molecule has 5 nitrogen and oxygen atoms in total. The number of hydrogen-bond acceptors (Lipinski definition) is 4. The number of urea groups is 1. The minimum atomic E-state index is -0.140. The van der Waals surface area contributed by atoms with Crippen LogP contribution >= 0.6 is 11.5 Å². The molecule has 0 radical (unpaired) electrons. The van der Waals surface area contributed by atoms with Gasteiger partial charge in [-0.05, 0) is 49.0 Å². The minimum Gasteiger partial charge on any atom is -0.335 e. The number of nitrogens with one attached hydrogen (secondary N) is 2. The van der Waals surface area contributed by atoms with Crippen molar-refractivity contribution in [2.45, 2.75) is 31.8 Å². The molecular formula is C21H24N4OS. The standard InChI is InChI=1S/C21H24N4OS/c1-15(16-7-3-2-4-8-16)25-13-11-17(12-14-25)22-21(26)23-20-18-9-5-6-10-19(18)24-27-20/h2-10,15,17H,11-14H2,1H3,(H2,22,23,26). The van der Waals surface area contributed by atoms with Crippen LogP contribution in [0.3, 0.4) is 0 Å². The fraction of sp³-hybridized carbons (Fsp3) is 0.333. The molecule has 2 N–H and O–H groups in total. The lowest BCUT2D eigenvalue weighted by atomic mass is 10.0. The number of rotatable bonds is 4. The molecule has 2 aromatic carbocycles. The molecule has 0 aliphatic carbocycles. The van der Waals surface area contributed by atoms with E-state index in [0.717, 1.165) is 41.8 Å². The van der Waals surface area contributed by atoms with Gasteiger partial charge >= 0.3 is 6.03 Å². The quantitative estimate of drug-likeness (QED) is 0.693. The van der Waals surface area contributed by atoms with Gasteiger partial charge < -0.3 is 5.32 Å². The van der Waals surface area contributed by atoms with Gasteiger partial charge in [0.25, 0.3) is 0 Å². The number of benzene rings is 2. The number of anilines is 1. The molecule has 1 fully saturated rings. The van der Waals surface area contributed by atoms with Crippen LogP contribution in [0.5, 0.6) is 0 Å². The Morgan fingerprint density at radius 3 is 2.59 bits per heavy atom. The zero-order valence-electron chi connectivity index (χ0n) is 15.4. The van der Waals surface area contributed by atoms with Crippen LogP contribution < -0.4 is 10.6 Å². The average Bonchev–Trinajstić information content (AvgIpc) is 3.11. The number of hydrogen-bond donors (Lipinski definition) is 2. The lowest BCUT2D eigenvalue weighted by molar-refractivity contribution is 0.154. The van der Waals surface area contributed by atoms with Crippen molar-refractivity contribution in [1.29, 1.82) is 0 Å². The molecule has 4 rings (SSSR count). The van der Waals surface area contributed by atoms with Gasteiger partial charge in [0.05, 0.1) is 5.52 Å². The van der Waals surface area contributed by atoms with Crippen molar-refractivity contribution in [1.82, 2.24) is 14.6 Å². The predicted octanol–water partition coefficient (Wildman–Crippen LogP) is 4.64. The molecule has 27 heavy (non-hydrogen) atoms. The molecule has 3 aromatic rings. The highest BCUT2D eigenvalue weighted by Gasteiger charge is 2.24. The number of fused-ring (bicyclic) bond motifs is 1. The second kappa shape index (κ2) is 8.06. The third kappa shape index (κ3) is 4.12. The van der Waals surface area contributed by atoms with Crippen molar-refractivity contribution in [2.75, 3.05) is 18.4 Å². The molecular weight excluding hydrogens is 356 g/mol. The van der Waals surface area contributed by atoms with E-state index in [-0.39, 0.29) is 12.1 Å². The molecule has 2 heterocycles. The van der Waals surface area contributed by atoms with Gasteiger partial charge in [-0.1, -0.05) is 42.5 Å². The zero-order chi connectivity index (χ0) is 18.6. The Labute approximate surface area is 163 Å². The first kappa shape index (κ1) is 17.9. The Morgan fingerprint density at radius 1 is 1.11 bits per heavy atom. The van der Waals surface area contributed by atoms with E-state index in [1.54, 1.807) is 0 Å². The van der Waals surface area contributed by atoms with Gasteiger partial charge in [0.1, 0.15) is 5.00 Å². The summed E-state index contributed by atoms with van der Waals surface area (Å²) in [6, 6.07) is 18.9. The van der Waals surface area contributed by atoms with Crippen molar-refractivity contribution in [3.05, 3.63) is 60.2 Å². The summed E-state index contributed by atoms with van der Waals surface area (Å²) in [6.45, 7) is 4.24. The van der Waals surface area contributed by atoms with Crippen LogP contribution in [0.15, 0.2) is 54.6 Å². The van der Waals surface area contributed by atoms with Crippen molar-refractivity contribution in [3.63, 3.8) is 0 Å². The van der Waals surface area contributed by atoms with Crippen LogP contribution in [0.25, 0.3) is 10.9 Å². The van der Waals surface area contributed by atoms with E-state index in [9.17, 15) is 4.79 Å². The zero-order valence-corrected chi connectivity index (χ0v) is 16.2. The second-order valence-electron chi connectivity index (χ2n) is 7.02. The number of amides is 2. The third-order valence-electron chi connectivity index (χ3n) is 5.31. The Kier molecular flexibility index (Phi) is 5.36. The first-order valence-corrected chi connectivity index (χ1v) is 10.2. The number of likely N-dealkylation sites (tertiary alicyclic amines) is 1. The molecule has 1 unspecified atom stereocenters. The van der Waals surface area contributed by atoms with Gasteiger partial charge in [-0.15, -0.1) is 0 Å². The molecule has 2 amide bonds. The van der Waals surface area contributed by atoms with Crippen LogP contribution in [0.4, 0.5) is 9.80 Å². The molecule has 140 valence electrons. The molecule has 1 atom stereocenters. The smallest absolute Gasteiger partial charge is 0.320 e. The fourth-order valence-electron chi connectivity index (χ4n) is 3.68. The number of piperidine rings is 1. The van der Waals surface area contributed by atoms with E-state index in [1.807, 2.05) is 24.3 Å². The van der Waals surface area contributed by atoms with Crippen molar-refractivity contribution in [3.8, 4) is 0 Å². The molecule has 0 spiro atoms. The maximum atomic E-state index is 12.4. The summed E-state index contributed by atoms with van der Waals surface area (Å²) >= 11 is 1.32. The van der Waals surface area contributed by atoms with E-state index in [2.05, 4.69) is 57.2 Å². The molecule has 1 aliphatic heterocycles. The summed E-state index contributed by atoms with van der Waals surface area (Å²) in [5, 5.41) is 7.88. The van der Waals surface area contributed by atoms with Crippen LogP contribution in [-0.4, -0.2) is 34.4 Å². The lowest BCUT2D eigenvalue weighted by Crippen LogP contribution is -2.46. The molecule has 0 bridgehead atoms. The Morgan fingerprint density at radius 2 is 1.81 bits per heavy atom. The maximum absolute atomic E-state index is 12.4. The largest absolute Gasteiger partial charge is 0.335 e. The molecule has 1 saturated heterocycles. The summed E-state index contributed by atoms with van der Waals surface area (Å²) in [7, 11) is 0. The summed E-state index contributed by atoms with van der Waals surface area (Å²) in [6.07, 6.45) is 1.93. The number of carbonyl (C=O) groups is 1. The number of carbonyl (C=O) groups excluding carboxylic acids is 1. The lowest BCUT2D eigenvalue weighted by Gasteiger charge is -2.36. The second-order valence-corrected chi connectivity index (χ2v) is 7.80. The summed E-state index contributed by atoms with van der Waals surface area (Å²) in [5.74, 6) is 0. The Hall–Kier alpha value is -2.44. The van der Waals surface area contributed by atoms with Gasteiger partial charge in [-0.3, -0.25) is 10.2 Å². The van der Waals surface area contributed by atoms with Gasteiger partial charge in [0, 0.05) is 30.6 Å². The van der Waals surface area contributed by atoms with Crippen LogP contribution in [0, 0.1) is 0 Å². The average molecular weight is 381 g/mol. The molecule has 1 aromatic heterocycles.